The molecule has 2 aliphatic carbocycles. The highest BCUT2D eigenvalue weighted by Gasteiger charge is 2.72. The second kappa shape index (κ2) is 4.93. The van der Waals surface area contributed by atoms with Crippen LogP contribution in [0.5, 0.6) is 0 Å². The van der Waals surface area contributed by atoms with Gasteiger partial charge in [0.2, 0.25) is 5.91 Å². The molecule has 0 aromatic carbocycles. The van der Waals surface area contributed by atoms with E-state index in [0.717, 1.165) is 37.9 Å². The van der Waals surface area contributed by atoms with Crippen LogP contribution in [-0.2, 0) is 9.59 Å². The van der Waals surface area contributed by atoms with E-state index in [4.69, 9.17) is 0 Å². The molecule has 1 saturated heterocycles. The van der Waals surface area contributed by atoms with Crippen LogP contribution in [0, 0.1) is 11.3 Å². The number of thioether (sulfide) groups is 1. The molecule has 1 heterocycles. The zero-order valence-electron chi connectivity index (χ0n) is 12.0. The highest BCUT2D eigenvalue weighted by molar-refractivity contribution is 8.00. The monoisotopic (exact) mass is 297 g/mol. The molecule has 5 heteroatoms. The molecular weight excluding hydrogens is 274 g/mol. The molecule has 0 bridgehead atoms. The lowest BCUT2D eigenvalue weighted by molar-refractivity contribution is -0.144. The minimum absolute atomic E-state index is 0.0511. The van der Waals surface area contributed by atoms with Crippen molar-refractivity contribution in [3.63, 3.8) is 0 Å². The molecule has 3 aliphatic rings. The van der Waals surface area contributed by atoms with Gasteiger partial charge in [-0.2, -0.15) is 0 Å². The third-order valence-electron chi connectivity index (χ3n) is 5.54. The van der Waals surface area contributed by atoms with Crippen LogP contribution in [0.25, 0.3) is 0 Å². The predicted molar refractivity (Wildman–Crippen MR) is 78.7 cm³/mol. The smallest absolute Gasteiger partial charge is 0.330 e. The van der Waals surface area contributed by atoms with Gasteiger partial charge in [0.25, 0.3) is 0 Å². The predicted octanol–water partition coefficient (Wildman–Crippen LogP) is 2.42. The van der Waals surface area contributed by atoms with Crippen molar-refractivity contribution in [2.45, 2.75) is 62.7 Å². The number of amides is 1. The number of carbonyl (C=O) groups is 2. The molecular formula is C15H23NO3S. The maximum absolute atomic E-state index is 12.4. The molecule has 4 nitrogen and oxygen atoms in total. The zero-order chi connectivity index (χ0) is 14.4. The number of rotatable bonds is 3. The SMILES string of the molecule is CC1CCSC1C(=O)NC1(C(=O)O)CC12CCCCC2. The lowest BCUT2D eigenvalue weighted by Crippen LogP contribution is -2.51. The fraction of sp³-hybridized carbons (Fsp3) is 0.867. The maximum atomic E-state index is 12.4. The molecule has 3 fully saturated rings. The first-order valence-electron chi connectivity index (χ1n) is 7.68. The highest BCUT2D eigenvalue weighted by atomic mass is 32.2. The molecule has 0 aromatic rings. The number of aliphatic carboxylic acids is 1. The van der Waals surface area contributed by atoms with E-state index in [1.807, 2.05) is 0 Å². The molecule has 2 saturated carbocycles. The number of hydrogen-bond acceptors (Lipinski definition) is 3. The molecule has 0 radical (unpaired) electrons. The summed E-state index contributed by atoms with van der Waals surface area (Å²) >= 11 is 1.67. The third-order valence-corrected chi connectivity index (χ3v) is 7.05. The minimum Gasteiger partial charge on any atom is -0.479 e. The van der Waals surface area contributed by atoms with Crippen LogP contribution >= 0.6 is 11.8 Å². The van der Waals surface area contributed by atoms with Crippen molar-refractivity contribution in [3.05, 3.63) is 0 Å². The first kappa shape index (κ1) is 14.2. The summed E-state index contributed by atoms with van der Waals surface area (Å²) in [6.07, 6.45) is 6.97. The topological polar surface area (TPSA) is 66.4 Å². The first-order valence-corrected chi connectivity index (χ1v) is 8.73. The van der Waals surface area contributed by atoms with Gasteiger partial charge in [-0.15, -0.1) is 11.8 Å². The Morgan fingerprint density at radius 3 is 2.50 bits per heavy atom. The van der Waals surface area contributed by atoms with Crippen molar-refractivity contribution in [3.8, 4) is 0 Å². The Morgan fingerprint density at radius 2 is 1.95 bits per heavy atom. The summed E-state index contributed by atoms with van der Waals surface area (Å²) in [5, 5.41) is 12.5. The second-order valence-electron chi connectivity index (χ2n) is 6.77. The summed E-state index contributed by atoms with van der Waals surface area (Å²) in [5.74, 6) is 0.477. The standard InChI is InChI=1S/C15H23NO3S/c1-10-5-8-20-11(10)12(17)16-15(13(18)19)9-14(15)6-3-2-4-7-14/h10-11H,2-9H2,1H3,(H,16,17)(H,18,19). The van der Waals surface area contributed by atoms with Crippen LogP contribution in [0.1, 0.15) is 51.9 Å². The van der Waals surface area contributed by atoms with Gasteiger partial charge in [-0.1, -0.05) is 26.2 Å². The number of hydrogen-bond donors (Lipinski definition) is 2. The molecule has 2 N–H and O–H groups in total. The van der Waals surface area contributed by atoms with Gasteiger partial charge >= 0.3 is 5.97 Å². The van der Waals surface area contributed by atoms with Crippen molar-refractivity contribution in [2.24, 2.45) is 11.3 Å². The van der Waals surface area contributed by atoms with E-state index >= 15 is 0 Å². The van der Waals surface area contributed by atoms with Crippen LogP contribution < -0.4 is 5.32 Å². The second-order valence-corrected chi connectivity index (χ2v) is 8.02. The van der Waals surface area contributed by atoms with Gasteiger partial charge in [0.1, 0.15) is 5.54 Å². The van der Waals surface area contributed by atoms with E-state index in [1.54, 1.807) is 11.8 Å². The van der Waals surface area contributed by atoms with Crippen LogP contribution in [0.3, 0.4) is 0 Å². The van der Waals surface area contributed by atoms with E-state index in [9.17, 15) is 14.7 Å². The van der Waals surface area contributed by atoms with Crippen molar-refractivity contribution >= 4 is 23.6 Å². The fourth-order valence-electron chi connectivity index (χ4n) is 4.14. The molecule has 3 atom stereocenters. The van der Waals surface area contributed by atoms with Gasteiger partial charge in [-0.3, -0.25) is 4.79 Å². The summed E-state index contributed by atoms with van der Waals surface area (Å²) < 4.78 is 0. The van der Waals surface area contributed by atoms with E-state index in [0.29, 0.717) is 12.3 Å². The van der Waals surface area contributed by atoms with Crippen molar-refractivity contribution in [1.82, 2.24) is 5.32 Å². The van der Waals surface area contributed by atoms with Crippen LogP contribution in [0.2, 0.25) is 0 Å². The Hall–Kier alpha value is -0.710. The number of nitrogens with one attached hydrogen (secondary N) is 1. The largest absolute Gasteiger partial charge is 0.479 e. The Labute approximate surface area is 124 Å². The summed E-state index contributed by atoms with van der Waals surface area (Å²) in [7, 11) is 0. The average molecular weight is 297 g/mol. The number of carboxylic acids is 1. The van der Waals surface area contributed by atoms with Gasteiger partial charge in [0.15, 0.2) is 0 Å². The van der Waals surface area contributed by atoms with Gasteiger partial charge in [0, 0.05) is 5.41 Å². The molecule has 3 rings (SSSR count). The first-order chi connectivity index (χ1) is 9.51. The quantitative estimate of drug-likeness (QED) is 0.839. The van der Waals surface area contributed by atoms with Crippen molar-refractivity contribution < 1.29 is 14.7 Å². The summed E-state index contributed by atoms with van der Waals surface area (Å²) in [6, 6.07) is 0. The maximum Gasteiger partial charge on any atom is 0.330 e. The third kappa shape index (κ3) is 2.05. The van der Waals surface area contributed by atoms with Crippen LogP contribution in [0.15, 0.2) is 0 Å². The van der Waals surface area contributed by atoms with E-state index in [2.05, 4.69) is 12.2 Å². The summed E-state index contributed by atoms with van der Waals surface area (Å²) in [5.41, 5.74) is -1.12. The van der Waals surface area contributed by atoms with Gasteiger partial charge in [-0.25, -0.2) is 4.79 Å². The summed E-state index contributed by atoms with van der Waals surface area (Å²) in [4.78, 5) is 24.2. The van der Waals surface area contributed by atoms with E-state index in [1.165, 1.54) is 6.42 Å². The molecule has 1 amide bonds. The fourth-order valence-corrected chi connectivity index (χ4v) is 5.58. The van der Waals surface area contributed by atoms with E-state index < -0.39 is 11.5 Å². The molecule has 112 valence electrons. The number of carbonyl (C=O) groups excluding carboxylic acids is 1. The molecule has 1 aliphatic heterocycles. The normalized spacial score (nSPS) is 38.6. The lowest BCUT2D eigenvalue weighted by Gasteiger charge is -2.28. The minimum atomic E-state index is -0.965. The Balaban J connectivity index is 1.73. The molecule has 1 spiro atoms. The van der Waals surface area contributed by atoms with Crippen LogP contribution in [0.4, 0.5) is 0 Å². The summed E-state index contributed by atoms with van der Waals surface area (Å²) in [6.45, 7) is 2.08. The Morgan fingerprint density at radius 1 is 1.25 bits per heavy atom. The number of carboxylic acid groups (broad SMARTS) is 1. The van der Waals surface area contributed by atoms with Gasteiger partial charge in [0.05, 0.1) is 5.25 Å². The average Bonchev–Trinajstić information content (AvgIpc) is 2.80. The highest BCUT2D eigenvalue weighted by Crippen LogP contribution is 2.64. The molecule has 20 heavy (non-hydrogen) atoms. The van der Waals surface area contributed by atoms with Gasteiger partial charge < -0.3 is 10.4 Å². The molecule has 0 aromatic heterocycles. The lowest BCUT2D eigenvalue weighted by atomic mass is 9.82. The Bertz CT molecular complexity index is 433. The van der Waals surface area contributed by atoms with Crippen LogP contribution in [-0.4, -0.2) is 33.5 Å². The zero-order valence-corrected chi connectivity index (χ0v) is 12.8. The van der Waals surface area contributed by atoms with E-state index in [-0.39, 0.29) is 16.6 Å². The van der Waals surface area contributed by atoms with Crippen molar-refractivity contribution in [2.75, 3.05) is 5.75 Å². The Kier molecular flexibility index (Phi) is 3.51. The molecule has 3 unspecified atom stereocenters. The van der Waals surface area contributed by atoms with Gasteiger partial charge in [-0.05, 0) is 37.4 Å². The van der Waals surface area contributed by atoms with Crippen molar-refractivity contribution in [1.29, 1.82) is 0 Å².